The second kappa shape index (κ2) is 6.98. The Labute approximate surface area is 127 Å². The van der Waals surface area contributed by atoms with E-state index < -0.39 is 5.60 Å². The molecule has 2 heterocycles. The molecule has 1 aromatic rings. The van der Waals surface area contributed by atoms with Crippen LogP contribution in [0.4, 0.5) is 0 Å². The van der Waals surface area contributed by atoms with Gasteiger partial charge in [0.25, 0.3) is 0 Å². The van der Waals surface area contributed by atoms with E-state index >= 15 is 0 Å². The topological polar surface area (TPSA) is 61.0 Å². The van der Waals surface area contributed by atoms with Gasteiger partial charge in [-0.15, -0.1) is 0 Å². The largest absolute Gasteiger partial charge is 0.466 e. The van der Waals surface area contributed by atoms with Crippen LogP contribution in [-0.2, 0) is 5.60 Å². The van der Waals surface area contributed by atoms with Crippen LogP contribution in [0.25, 0.3) is 0 Å². The SMILES string of the molecule is CCNC(=NCC(C)(O)c1ccco1)N1CCC(C)CC1. The van der Waals surface area contributed by atoms with Crippen LogP contribution < -0.4 is 5.32 Å². The molecule has 1 aliphatic heterocycles. The third kappa shape index (κ3) is 4.24. The summed E-state index contributed by atoms with van der Waals surface area (Å²) >= 11 is 0. The first-order valence-electron chi connectivity index (χ1n) is 7.82. The van der Waals surface area contributed by atoms with Crippen LogP contribution in [0, 0.1) is 5.92 Å². The van der Waals surface area contributed by atoms with E-state index in [0.717, 1.165) is 31.5 Å². The van der Waals surface area contributed by atoms with Gasteiger partial charge < -0.3 is 19.7 Å². The monoisotopic (exact) mass is 293 g/mol. The standard InChI is InChI=1S/C16H27N3O2/c1-4-17-15(19-9-7-13(2)8-10-19)18-12-16(3,20)14-6-5-11-21-14/h5-6,11,13,20H,4,7-10,12H2,1-3H3,(H,17,18). The van der Waals surface area contributed by atoms with E-state index in [2.05, 4.69) is 29.1 Å². The molecule has 1 fully saturated rings. The minimum Gasteiger partial charge on any atom is -0.466 e. The predicted molar refractivity (Wildman–Crippen MR) is 84.2 cm³/mol. The average molecular weight is 293 g/mol. The maximum absolute atomic E-state index is 10.5. The van der Waals surface area contributed by atoms with Crippen molar-refractivity contribution in [3.63, 3.8) is 0 Å². The summed E-state index contributed by atoms with van der Waals surface area (Å²) in [7, 11) is 0. The van der Waals surface area contributed by atoms with Crippen molar-refractivity contribution >= 4 is 5.96 Å². The highest BCUT2D eigenvalue weighted by Crippen LogP contribution is 2.22. The molecule has 0 saturated carbocycles. The number of aliphatic hydroxyl groups is 1. The van der Waals surface area contributed by atoms with Crippen molar-refractivity contribution in [1.82, 2.24) is 10.2 Å². The van der Waals surface area contributed by atoms with Gasteiger partial charge in [-0.3, -0.25) is 0 Å². The fourth-order valence-electron chi connectivity index (χ4n) is 2.54. The molecule has 1 saturated heterocycles. The zero-order chi connectivity index (χ0) is 15.3. The summed E-state index contributed by atoms with van der Waals surface area (Å²) in [6, 6.07) is 3.57. The lowest BCUT2D eigenvalue weighted by atomic mass is 9.99. The van der Waals surface area contributed by atoms with E-state index in [1.54, 1.807) is 25.3 Å². The van der Waals surface area contributed by atoms with Crippen molar-refractivity contribution in [1.29, 1.82) is 0 Å². The van der Waals surface area contributed by atoms with E-state index in [4.69, 9.17) is 4.42 Å². The van der Waals surface area contributed by atoms with Crippen molar-refractivity contribution in [2.45, 2.75) is 39.2 Å². The van der Waals surface area contributed by atoms with Gasteiger partial charge in [0.1, 0.15) is 11.4 Å². The molecule has 5 heteroatoms. The Bertz CT molecular complexity index is 446. The van der Waals surface area contributed by atoms with E-state index in [-0.39, 0.29) is 6.54 Å². The smallest absolute Gasteiger partial charge is 0.194 e. The van der Waals surface area contributed by atoms with Crippen molar-refractivity contribution in [3.8, 4) is 0 Å². The number of aliphatic imine (C=N–C) groups is 1. The number of guanidine groups is 1. The second-order valence-corrected chi connectivity index (χ2v) is 6.09. The first kappa shape index (κ1) is 15.9. The molecule has 0 bridgehead atoms. The molecule has 2 rings (SSSR count). The van der Waals surface area contributed by atoms with E-state index in [1.807, 2.05) is 0 Å². The van der Waals surface area contributed by atoms with Gasteiger partial charge in [-0.2, -0.15) is 0 Å². The minimum atomic E-state index is -1.08. The lowest BCUT2D eigenvalue weighted by Gasteiger charge is -2.33. The van der Waals surface area contributed by atoms with E-state index in [0.29, 0.717) is 5.76 Å². The molecule has 0 aromatic carbocycles. The number of nitrogens with zero attached hydrogens (tertiary/aromatic N) is 2. The lowest BCUT2D eigenvalue weighted by Crippen LogP contribution is -2.46. The molecule has 0 amide bonds. The molecule has 1 aromatic heterocycles. The molecule has 0 radical (unpaired) electrons. The van der Waals surface area contributed by atoms with Crippen LogP contribution >= 0.6 is 0 Å². The highest BCUT2D eigenvalue weighted by Gasteiger charge is 2.27. The Hall–Kier alpha value is -1.49. The summed E-state index contributed by atoms with van der Waals surface area (Å²) in [6.45, 7) is 9.25. The molecular weight excluding hydrogens is 266 g/mol. The molecule has 1 atom stereocenters. The quantitative estimate of drug-likeness (QED) is 0.660. The molecule has 0 aliphatic carbocycles. The first-order valence-corrected chi connectivity index (χ1v) is 7.82. The summed E-state index contributed by atoms with van der Waals surface area (Å²) < 4.78 is 5.30. The Morgan fingerprint density at radius 1 is 1.52 bits per heavy atom. The van der Waals surface area contributed by atoms with Gasteiger partial charge in [0.05, 0.1) is 12.8 Å². The van der Waals surface area contributed by atoms with Gasteiger partial charge in [0.15, 0.2) is 5.96 Å². The van der Waals surface area contributed by atoms with Crippen LogP contribution in [-0.4, -0.2) is 42.1 Å². The Morgan fingerprint density at radius 3 is 2.81 bits per heavy atom. The van der Waals surface area contributed by atoms with Crippen molar-refractivity contribution in [3.05, 3.63) is 24.2 Å². The lowest BCUT2D eigenvalue weighted by molar-refractivity contribution is 0.0434. The van der Waals surface area contributed by atoms with Crippen molar-refractivity contribution in [2.75, 3.05) is 26.2 Å². The zero-order valence-electron chi connectivity index (χ0n) is 13.3. The summed E-state index contributed by atoms with van der Waals surface area (Å²) in [5.74, 6) is 2.22. The van der Waals surface area contributed by atoms with E-state index in [9.17, 15) is 5.11 Å². The summed E-state index contributed by atoms with van der Waals surface area (Å²) in [5.41, 5.74) is -1.08. The van der Waals surface area contributed by atoms with Crippen LogP contribution in [0.5, 0.6) is 0 Å². The third-order valence-electron chi connectivity index (χ3n) is 4.01. The number of rotatable bonds is 4. The van der Waals surface area contributed by atoms with Gasteiger partial charge in [0.2, 0.25) is 0 Å². The molecule has 0 spiro atoms. The molecular formula is C16H27N3O2. The average Bonchev–Trinajstić information content (AvgIpc) is 2.99. The van der Waals surface area contributed by atoms with Crippen LogP contribution in [0.15, 0.2) is 27.8 Å². The Morgan fingerprint density at radius 2 is 2.24 bits per heavy atom. The van der Waals surface area contributed by atoms with Crippen LogP contribution in [0.2, 0.25) is 0 Å². The molecule has 21 heavy (non-hydrogen) atoms. The number of piperidine rings is 1. The molecule has 1 unspecified atom stereocenters. The summed E-state index contributed by atoms with van der Waals surface area (Å²) in [6.07, 6.45) is 3.96. The fraction of sp³-hybridized carbons (Fsp3) is 0.688. The Kier molecular flexibility index (Phi) is 5.28. The molecule has 5 nitrogen and oxygen atoms in total. The van der Waals surface area contributed by atoms with Gasteiger partial charge in [0, 0.05) is 19.6 Å². The Balaban J connectivity index is 2.03. The highest BCUT2D eigenvalue weighted by atomic mass is 16.4. The van der Waals surface area contributed by atoms with Crippen molar-refractivity contribution < 1.29 is 9.52 Å². The van der Waals surface area contributed by atoms with Crippen LogP contribution in [0.1, 0.15) is 39.4 Å². The maximum Gasteiger partial charge on any atom is 0.194 e. The third-order valence-corrected chi connectivity index (χ3v) is 4.01. The zero-order valence-corrected chi connectivity index (χ0v) is 13.3. The number of furan rings is 1. The first-order chi connectivity index (χ1) is 10.0. The van der Waals surface area contributed by atoms with Gasteiger partial charge in [-0.1, -0.05) is 6.92 Å². The van der Waals surface area contributed by atoms with Gasteiger partial charge in [-0.25, -0.2) is 4.99 Å². The van der Waals surface area contributed by atoms with Crippen LogP contribution in [0.3, 0.4) is 0 Å². The second-order valence-electron chi connectivity index (χ2n) is 6.09. The number of nitrogens with one attached hydrogen (secondary N) is 1. The molecule has 118 valence electrons. The van der Waals surface area contributed by atoms with Gasteiger partial charge in [-0.05, 0) is 44.7 Å². The summed E-state index contributed by atoms with van der Waals surface area (Å²) in [4.78, 5) is 6.89. The highest BCUT2D eigenvalue weighted by molar-refractivity contribution is 5.80. The van der Waals surface area contributed by atoms with E-state index in [1.165, 1.54) is 12.8 Å². The number of hydrogen-bond donors (Lipinski definition) is 2. The number of hydrogen-bond acceptors (Lipinski definition) is 3. The van der Waals surface area contributed by atoms with Gasteiger partial charge >= 0.3 is 0 Å². The van der Waals surface area contributed by atoms with Crippen molar-refractivity contribution in [2.24, 2.45) is 10.9 Å². The molecule has 1 aliphatic rings. The summed E-state index contributed by atoms with van der Waals surface area (Å²) in [5, 5.41) is 13.8. The minimum absolute atomic E-state index is 0.287. The predicted octanol–water partition coefficient (Wildman–Crippen LogP) is 2.18. The number of likely N-dealkylation sites (tertiary alicyclic amines) is 1. The normalized spacial score (nSPS) is 20.4. The maximum atomic E-state index is 10.5. The molecule has 2 N–H and O–H groups in total. The fourth-order valence-corrected chi connectivity index (χ4v) is 2.54.